The van der Waals surface area contributed by atoms with Gasteiger partial charge in [-0.1, -0.05) is 42.0 Å². The number of aryl methyl sites for hydroxylation is 2. The standard InChI is InChI=1S/C19H10N3.C11H9N2.Ir/c20-12-16-9-8-15(11-17(16)13-21)19-18(7-4-10-22-19)14-5-2-1-3-6-14;1-2-4-10-9(3-1)5-7-13-8-6-12-11(10)13;/h1-10H;1-3,6,8H,5,7H2;/q2*-1;. The maximum Gasteiger partial charge on any atom is 0.0584 e. The van der Waals surface area contributed by atoms with Crippen molar-refractivity contribution in [2.75, 3.05) is 0 Å². The molecule has 5 aromatic rings. The van der Waals surface area contributed by atoms with E-state index in [0.717, 1.165) is 35.6 Å². The van der Waals surface area contributed by atoms with Crippen LogP contribution < -0.4 is 0 Å². The van der Waals surface area contributed by atoms with E-state index >= 15 is 0 Å². The molecule has 3 aromatic carbocycles. The maximum atomic E-state index is 9.15. The number of aromatic nitrogens is 3. The first-order valence-electron chi connectivity index (χ1n) is 11.2. The Morgan fingerprint density at radius 2 is 1.72 bits per heavy atom. The molecule has 175 valence electrons. The molecule has 2 aromatic heterocycles. The van der Waals surface area contributed by atoms with Gasteiger partial charge in [-0.15, -0.1) is 53.6 Å². The van der Waals surface area contributed by atoms with Crippen LogP contribution in [0.2, 0.25) is 0 Å². The topological polar surface area (TPSA) is 78.3 Å². The average molecular weight is 642 g/mol. The minimum Gasteiger partial charge on any atom is -0.371 e. The van der Waals surface area contributed by atoms with E-state index in [1.807, 2.05) is 79.1 Å². The third kappa shape index (κ3) is 5.02. The summed E-state index contributed by atoms with van der Waals surface area (Å²) in [5, 5.41) is 18.2. The number of fused-ring (bicyclic) bond motifs is 3. The summed E-state index contributed by atoms with van der Waals surface area (Å²) in [5.74, 6) is 1.06. The maximum absolute atomic E-state index is 9.15. The van der Waals surface area contributed by atoms with Crippen molar-refractivity contribution in [2.45, 2.75) is 13.0 Å². The first kappa shape index (κ1) is 24.8. The summed E-state index contributed by atoms with van der Waals surface area (Å²) in [5.41, 5.74) is 6.55. The van der Waals surface area contributed by atoms with Gasteiger partial charge in [-0.05, 0) is 40.8 Å². The molecule has 0 amide bonds. The van der Waals surface area contributed by atoms with Crippen LogP contribution >= 0.6 is 0 Å². The van der Waals surface area contributed by atoms with Crippen LogP contribution in [0.15, 0.2) is 91.4 Å². The zero-order chi connectivity index (χ0) is 24.0. The van der Waals surface area contributed by atoms with Crippen LogP contribution in [0.3, 0.4) is 0 Å². The van der Waals surface area contributed by atoms with Crippen LogP contribution in [0.1, 0.15) is 16.7 Å². The quantitative estimate of drug-likeness (QED) is 0.226. The Morgan fingerprint density at radius 3 is 2.53 bits per heavy atom. The van der Waals surface area contributed by atoms with Crippen LogP contribution in [0.25, 0.3) is 33.8 Å². The van der Waals surface area contributed by atoms with Gasteiger partial charge in [0.05, 0.1) is 11.9 Å². The fraction of sp³-hybridized carbons (Fsp3) is 0.0667. The van der Waals surface area contributed by atoms with Crippen molar-refractivity contribution < 1.29 is 20.1 Å². The van der Waals surface area contributed by atoms with E-state index in [1.165, 1.54) is 11.1 Å². The van der Waals surface area contributed by atoms with Crippen molar-refractivity contribution in [1.29, 1.82) is 10.5 Å². The number of imidazole rings is 1. The van der Waals surface area contributed by atoms with Crippen molar-refractivity contribution in [2.24, 2.45) is 0 Å². The first-order chi connectivity index (χ1) is 17.3. The van der Waals surface area contributed by atoms with Crippen LogP contribution in [-0.4, -0.2) is 14.5 Å². The molecular weight excluding hydrogens is 623 g/mol. The summed E-state index contributed by atoms with van der Waals surface area (Å²) in [6.07, 6.45) is 6.68. The fourth-order valence-corrected chi connectivity index (χ4v) is 4.13. The predicted molar refractivity (Wildman–Crippen MR) is 134 cm³/mol. The van der Waals surface area contributed by atoms with Crippen molar-refractivity contribution in [1.82, 2.24) is 14.5 Å². The summed E-state index contributed by atoms with van der Waals surface area (Å²) in [7, 11) is 0. The van der Waals surface area contributed by atoms with Gasteiger partial charge >= 0.3 is 0 Å². The molecule has 3 heterocycles. The van der Waals surface area contributed by atoms with E-state index in [9.17, 15) is 0 Å². The van der Waals surface area contributed by atoms with Gasteiger partial charge in [0.15, 0.2) is 0 Å². The molecule has 0 unspecified atom stereocenters. The minimum atomic E-state index is 0. The number of nitriles is 2. The van der Waals surface area contributed by atoms with Crippen molar-refractivity contribution in [3.63, 3.8) is 0 Å². The Labute approximate surface area is 223 Å². The van der Waals surface area contributed by atoms with E-state index in [4.69, 9.17) is 10.5 Å². The number of benzene rings is 3. The van der Waals surface area contributed by atoms with Gasteiger partial charge in [0.25, 0.3) is 0 Å². The molecule has 6 rings (SSSR count). The van der Waals surface area contributed by atoms with Crippen molar-refractivity contribution >= 4 is 0 Å². The average Bonchev–Trinajstić information content (AvgIpc) is 3.43. The number of rotatable bonds is 2. The summed E-state index contributed by atoms with van der Waals surface area (Å²) in [6, 6.07) is 33.6. The molecule has 0 saturated carbocycles. The molecule has 5 nitrogen and oxygen atoms in total. The SMILES string of the molecule is N#Cc1[c-]c(-c2ncccc2-c2ccccc2)ccc1C#N.[Ir].[c-]1cccc2c1-c1nccn1CC2. The van der Waals surface area contributed by atoms with Gasteiger partial charge in [-0.25, -0.2) is 10.5 Å². The summed E-state index contributed by atoms with van der Waals surface area (Å²) >= 11 is 0. The normalized spacial score (nSPS) is 10.8. The largest absolute Gasteiger partial charge is 0.371 e. The second-order valence-corrected chi connectivity index (χ2v) is 7.91. The molecule has 0 spiro atoms. The molecule has 0 saturated heterocycles. The molecule has 1 radical (unpaired) electrons. The van der Waals surface area contributed by atoms with Crippen LogP contribution in [0.4, 0.5) is 0 Å². The number of nitrogens with zero attached hydrogens (tertiary/aromatic N) is 5. The first-order valence-corrected chi connectivity index (χ1v) is 11.2. The van der Waals surface area contributed by atoms with Gasteiger partial charge in [-0.3, -0.25) is 9.97 Å². The van der Waals surface area contributed by atoms with Gasteiger partial charge in [0, 0.05) is 50.9 Å². The molecule has 1 aliphatic heterocycles. The van der Waals surface area contributed by atoms with Gasteiger partial charge in [0.2, 0.25) is 0 Å². The summed E-state index contributed by atoms with van der Waals surface area (Å²) < 4.78 is 2.18. The van der Waals surface area contributed by atoms with Gasteiger partial charge < -0.3 is 4.57 Å². The van der Waals surface area contributed by atoms with E-state index in [0.29, 0.717) is 11.1 Å². The Balaban J connectivity index is 0.000000185. The molecule has 0 aliphatic carbocycles. The fourth-order valence-electron chi connectivity index (χ4n) is 4.13. The molecular formula is C30H19IrN5-2. The zero-order valence-corrected chi connectivity index (χ0v) is 21.5. The second-order valence-electron chi connectivity index (χ2n) is 7.91. The van der Waals surface area contributed by atoms with Crippen molar-refractivity contribution in [3.8, 4) is 45.9 Å². The smallest absolute Gasteiger partial charge is 0.0584 e. The third-order valence-corrected chi connectivity index (χ3v) is 5.83. The predicted octanol–water partition coefficient (Wildman–Crippen LogP) is 5.86. The van der Waals surface area contributed by atoms with Gasteiger partial charge in [0.1, 0.15) is 0 Å². The molecule has 0 N–H and O–H groups in total. The molecule has 1 aliphatic rings. The van der Waals surface area contributed by atoms with E-state index < -0.39 is 0 Å². The van der Waals surface area contributed by atoms with Gasteiger partial charge in [-0.2, -0.15) is 0 Å². The Morgan fingerprint density at radius 1 is 0.861 bits per heavy atom. The van der Waals surface area contributed by atoms with Crippen LogP contribution in [0.5, 0.6) is 0 Å². The van der Waals surface area contributed by atoms with E-state index in [2.05, 4.69) is 32.7 Å². The van der Waals surface area contributed by atoms with Crippen LogP contribution in [0, 0.1) is 34.8 Å². The monoisotopic (exact) mass is 642 g/mol. The number of hydrogen-bond donors (Lipinski definition) is 0. The number of hydrogen-bond acceptors (Lipinski definition) is 4. The van der Waals surface area contributed by atoms with E-state index in [1.54, 1.807) is 18.3 Å². The second kappa shape index (κ2) is 11.4. The van der Waals surface area contributed by atoms with Crippen molar-refractivity contribution in [3.05, 3.63) is 120 Å². The minimum absolute atomic E-state index is 0. The Bertz CT molecular complexity index is 1580. The number of pyridine rings is 1. The molecule has 0 atom stereocenters. The molecule has 6 heteroatoms. The Hall–Kier alpha value is -4.35. The summed E-state index contributed by atoms with van der Waals surface area (Å²) in [4.78, 5) is 8.76. The third-order valence-electron chi connectivity index (χ3n) is 5.83. The van der Waals surface area contributed by atoms with Crippen LogP contribution in [-0.2, 0) is 33.1 Å². The summed E-state index contributed by atoms with van der Waals surface area (Å²) in [6.45, 7) is 1.04. The Kier molecular flexibility index (Phi) is 7.83. The molecule has 0 fully saturated rings. The molecule has 36 heavy (non-hydrogen) atoms. The molecule has 0 bridgehead atoms. The van der Waals surface area contributed by atoms with E-state index in [-0.39, 0.29) is 25.7 Å². The zero-order valence-electron chi connectivity index (χ0n) is 19.1.